The largest absolute Gasteiger partial charge is 0.507 e. The monoisotopic (exact) mass is 316 g/mol. The maximum atomic E-state index is 12.0. The topological polar surface area (TPSA) is 85.5 Å². The van der Waals surface area contributed by atoms with Crippen molar-refractivity contribution in [1.29, 1.82) is 0 Å². The van der Waals surface area contributed by atoms with Gasteiger partial charge in [0, 0.05) is 0 Å². The van der Waals surface area contributed by atoms with E-state index in [-0.39, 0.29) is 17.2 Å². The summed E-state index contributed by atoms with van der Waals surface area (Å²) in [7, 11) is 0. The zero-order chi connectivity index (χ0) is 15.5. The lowest BCUT2D eigenvalue weighted by atomic mass is 10.2. The SMILES string of the molecule is C[C@H](OC(=O)c1ccccc1O)c1nnc(-c2cccs2)o1. The molecular weight excluding hydrogens is 304 g/mol. The molecule has 1 aromatic carbocycles. The highest BCUT2D eigenvalue weighted by atomic mass is 32.1. The van der Waals surface area contributed by atoms with Gasteiger partial charge in [0.1, 0.15) is 11.3 Å². The van der Waals surface area contributed by atoms with Crippen LogP contribution in [0.2, 0.25) is 0 Å². The summed E-state index contributed by atoms with van der Waals surface area (Å²) in [5.74, 6) is -0.200. The number of esters is 1. The number of thiophene rings is 1. The standard InChI is InChI=1S/C15H12N2O4S/c1-9(20-15(19)10-5-2-3-6-11(10)18)13-16-17-14(21-13)12-7-4-8-22-12/h2-9,18H,1H3/t9-/m0/s1. The number of hydrogen-bond donors (Lipinski definition) is 1. The molecule has 3 aromatic rings. The number of phenolic OH excluding ortho intramolecular Hbond substituents is 1. The van der Waals surface area contributed by atoms with Crippen LogP contribution in [0, 0.1) is 0 Å². The fourth-order valence-corrected chi connectivity index (χ4v) is 2.46. The van der Waals surface area contributed by atoms with Crippen molar-refractivity contribution in [2.75, 3.05) is 0 Å². The average Bonchev–Trinajstić information content (AvgIpc) is 3.18. The third kappa shape index (κ3) is 2.84. The molecule has 1 atom stereocenters. The van der Waals surface area contributed by atoms with E-state index in [4.69, 9.17) is 9.15 Å². The number of benzene rings is 1. The van der Waals surface area contributed by atoms with Crippen LogP contribution < -0.4 is 0 Å². The lowest BCUT2D eigenvalue weighted by Gasteiger charge is -2.10. The molecule has 0 aliphatic carbocycles. The fourth-order valence-electron chi connectivity index (χ4n) is 1.82. The fraction of sp³-hybridized carbons (Fsp3) is 0.133. The van der Waals surface area contributed by atoms with E-state index >= 15 is 0 Å². The molecule has 0 aliphatic heterocycles. The Morgan fingerprint density at radius 1 is 1.27 bits per heavy atom. The summed E-state index contributed by atoms with van der Waals surface area (Å²) in [6.07, 6.45) is -0.715. The van der Waals surface area contributed by atoms with E-state index in [9.17, 15) is 9.90 Å². The molecule has 0 spiro atoms. The van der Waals surface area contributed by atoms with Crippen LogP contribution in [0.3, 0.4) is 0 Å². The molecule has 0 fully saturated rings. The number of nitrogens with zero attached hydrogens (tertiary/aromatic N) is 2. The second-order valence-electron chi connectivity index (χ2n) is 4.49. The minimum atomic E-state index is -0.715. The summed E-state index contributed by atoms with van der Waals surface area (Å²) in [6, 6.07) is 9.91. The molecule has 0 amide bonds. The van der Waals surface area contributed by atoms with E-state index in [1.807, 2.05) is 17.5 Å². The molecule has 2 aromatic heterocycles. The molecule has 7 heteroatoms. The Morgan fingerprint density at radius 2 is 2.09 bits per heavy atom. The molecule has 2 heterocycles. The van der Waals surface area contributed by atoms with Crippen LogP contribution in [0.4, 0.5) is 0 Å². The molecule has 1 N–H and O–H groups in total. The molecular formula is C15H12N2O4S. The van der Waals surface area contributed by atoms with Crippen LogP contribution >= 0.6 is 11.3 Å². The predicted molar refractivity (Wildman–Crippen MR) is 79.5 cm³/mol. The minimum absolute atomic E-state index is 0.0901. The van der Waals surface area contributed by atoms with Crippen LogP contribution in [0.5, 0.6) is 5.75 Å². The highest BCUT2D eigenvalue weighted by Crippen LogP contribution is 2.27. The van der Waals surface area contributed by atoms with Crippen LogP contribution in [-0.2, 0) is 4.74 Å². The van der Waals surface area contributed by atoms with E-state index in [0.29, 0.717) is 5.89 Å². The number of carbonyl (C=O) groups excluding carboxylic acids is 1. The lowest BCUT2D eigenvalue weighted by molar-refractivity contribution is 0.0277. The van der Waals surface area contributed by atoms with Gasteiger partial charge >= 0.3 is 5.97 Å². The predicted octanol–water partition coefficient (Wildman–Crippen LogP) is 3.42. The van der Waals surface area contributed by atoms with Gasteiger partial charge in [-0.3, -0.25) is 0 Å². The first-order chi connectivity index (χ1) is 10.6. The van der Waals surface area contributed by atoms with Crippen LogP contribution in [0.15, 0.2) is 46.2 Å². The maximum Gasteiger partial charge on any atom is 0.342 e. The second kappa shape index (κ2) is 5.98. The van der Waals surface area contributed by atoms with Gasteiger partial charge in [-0.25, -0.2) is 4.79 Å². The normalized spacial score (nSPS) is 12.0. The Labute approximate surface area is 130 Å². The summed E-state index contributed by atoms with van der Waals surface area (Å²) < 4.78 is 10.7. The Bertz CT molecular complexity index is 782. The molecule has 22 heavy (non-hydrogen) atoms. The van der Waals surface area contributed by atoms with Gasteiger partial charge in [0.2, 0.25) is 0 Å². The number of rotatable bonds is 4. The van der Waals surface area contributed by atoms with Crippen LogP contribution in [-0.4, -0.2) is 21.3 Å². The maximum absolute atomic E-state index is 12.0. The summed E-state index contributed by atoms with van der Waals surface area (Å²) in [5, 5.41) is 19.4. The summed E-state index contributed by atoms with van der Waals surface area (Å²) in [5.41, 5.74) is 0.0901. The van der Waals surface area contributed by atoms with Crippen molar-refractivity contribution in [2.45, 2.75) is 13.0 Å². The van der Waals surface area contributed by atoms with Gasteiger partial charge in [-0.05, 0) is 30.5 Å². The van der Waals surface area contributed by atoms with Gasteiger partial charge in [0.05, 0.1) is 4.88 Å². The molecule has 6 nitrogen and oxygen atoms in total. The van der Waals surface area contributed by atoms with E-state index < -0.39 is 12.1 Å². The highest BCUT2D eigenvalue weighted by Gasteiger charge is 2.21. The zero-order valence-corrected chi connectivity index (χ0v) is 12.4. The first kappa shape index (κ1) is 14.3. The van der Waals surface area contributed by atoms with Gasteiger partial charge in [0.15, 0.2) is 6.10 Å². The van der Waals surface area contributed by atoms with Gasteiger partial charge < -0.3 is 14.3 Å². The summed E-state index contributed by atoms with van der Waals surface area (Å²) in [6.45, 7) is 1.63. The number of phenols is 1. The van der Waals surface area contributed by atoms with Crippen molar-refractivity contribution in [3.63, 3.8) is 0 Å². The van der Waals surface area contributed by atoms with Gasteiger partial charge in [0.25, 0.3) is 11.8 Å². The Morgan fingerprint density at radius 3 is 2.82 bits per heavy atom. The number of aromatic hydroxyl groups is 1. The molecule has 3 rings (SSSR count). The first-order valence-electron chi connectivity index (χ1n) is 6.51. The van der Waals surface area contributed by atoms with Crippen molar-refractivity contribution in [1.82, 2.24) is 10.2 Å². The Kier molecular flexibility index (Phi) is 3.88. The quantitative estimate of drug-likeness (QED) is 0.742. The number of para-hydroxylation sites is 1. The van der Waals surface area contributed by atoms with E-state index in [1.54, 1.807) is 19.1 Å². The second-order valence-corrected chi connectivity index (χ2v) is 5.44. The van der Waals surface area contributed by atoms with Crippen molar-refractivity contribution in [3.8, 4) is 16.5 Å². The van der Waals surface area contributed by atoms with E-state index in [0.717, 1.165) is 4.88 Å². The van der Waals surface area contributed by atoms with Crippen LogP contribution in [0.25, 0.3) is 10.8 Å². The van der Waals surface area contributed by atoms with Crippen molar-refractivity contribution in [2.24, 2.45) is 0 Å². The molecule has 0 bridgehead atoms. The zero-order valence-electron chi connectivity index (χ0n) is 11.6. The smallest absolute Gasteiger partial charge is 0.342 e. The number of ether oxygens (including phenoxy) is 1. The van der Waals surface area contributed by atoms with Crippen molar-refractivity contribution in [3.05, 3.63) is 53.2 Å². The third-order valence-corrected chi connectivity index (χ3v) is 3.79. The molecule has 0 saturated carbocycles. The average molecular weight is 316 g/mol. The molecule has 0 aliphatic rings. The summed E-state index contributed by atoms with van der Waals surface area (Å²) in [4.78, 5) is 12.9. The lowest BCUT2D eigenvalue weighted by Crippen LogP contribution is -2.09. The number of hydrogen-bond acceptors (Lipinski definition) is 7. The highest BCUT2D eigenvalue weighted by molar-refractivity contribution is 7.13. The molecule has 112 valence electrons. The first-order valence-corrected chi connectivity index (χ1v) is 7.39. The summed E-state index contributed by atoms with van der Waals surface area (Å²) >= 11 is 1.48. The van der Waals surface area contributed by atoms with Gasteiger partial charge in [-0.2, -0.15) is 0 Å². The Balaban J connectivity index is 1.74. The van der Waals surface area contributed by atoms with Crippen LogP contribution in [0.1, 0.15) is 29.3 Å². The van der Waals surface area contributed by atoms with Gasteiger partial charge in [-0.1, -0.05) is 18.2 Å². The number of carbonyl (C=O) groups is 1. The van der Waals surface area contributed by atoms with Crippen molar-refractivity contribution < 1.29 is 19.1 Å². The minimum Gasteiger partial charge on any atom is -0.507 e. The Hall–Kier alpha value is -2.67. The van der Waals surface area contributed by atoms with Gasteiger partial charge in [-0.15, -0.1) is 21.5 Å². The van der Waals surface area contributed by atoms with E-state index in [2.05, 4.69) is 10.2 Å². The third-order valence-electron chi connectivity index (χ3n) is 2.93. The molecule has 0 unspecified atom stereocenters. The molecule has 0 radical (unpaired) electrons. The van der Waals surface area contributed by atoms with Crippen molar-refractivity contribution >= 4 is 17.3 Å². The number of aromatic nitrogens is 2. The molecule has 0 saturated heterocycles. The van der Waals surface area contributed by atoms with E-state index in [1.165, 1.54) is 23.5 Å².